The Balaban J connectivity index is 2.25. The molecule has 7 heteroatoms. The molecule has 2 rings (SSSR count). The number of nitrogens with two attached hydrogens (primary N) is 1. The van der Waals surface area contributed by atoms with Gasteiger partial charge in [-0.25, -0.2) is 4.98 Å². The molecule has 0 amide bonds. The van der Waals surface area contributed by atoms with E-state index in [4.69, 9.17) is 5.73 Å². The molecule has 15 heavy (non-hydrogen) atoms. The van der Waals surface area contributed by atoms with Gasteiger partial charge in [-0.3, -0.25) is 9.36 Å². The lowest BCUT2D eigenvalue weighted by Crippen LogP contribution is -2.07. The topological polar surface area (TPSA) is 74.6 Å². The van der Waals surface area contributed by atoms with E-state index >= 15 is 0 Å². The fourth-order valence-electron chi connectivity index (χ4n) is 1.33. The van der Waals surface area contributed by atoms with E-state index in [1.807, 2.05) is 20.2 Å². The second-order valence-electron chi connectivity index (χ2n) is 3.26. The molecule has 0 radical (unpaired) electrons. The molecule has 0 saturated heterocycles. The fraction of sp³-hybridized carbons (Fsp3) is 0.375. The summed E-state index contributed by atoms with van der Waals surface area (Å²) in [6, 6.07) is 0. The van der Waals surface area contributed by atoms with Crippen LogP contribution in [0.4, 0.5) is 5.82 Å². The van der Waals surface area contributed by atoms with Crippen molar-refractivity contribution in [1.29, 1.82) is 0 Å². The van der Waals surface area contributed by atoms with E-state index in [1.165, 1.54) is 0 Å². The highest BCUT2D eigenvalue weighted by molar-refractivity contribution is 9.10. The van der Waals surface area contributed by atoms with Crippen LogP contribution in [0.2, 0.25) is 0 Å². The van der Waals surface area contributed by atoms with Crippen molar-refractivity contribution in [2.24, 2.45) is 7.05 Å². The number of hydrogen-bond acceptors (Lipinski definition) is 4. The molecule has 0 atom stereocenters. The van der Waals surface area contributed by atoms with E-state index in [0.717, 1.165) is 16.1 Å². The van der Waals surface area contributed by atoms with Gasteiger partial charge in [-0.15, -0.1) is 0 Å². The number of nitrogen functional groups attached to an aromatic ring is 1. The predicted molar refractivity (Wildman–Crippen MR) is 59.2 cm³/mol. The van der Waals surface area contributed by atoms with Gasteiger partial charge in [0.2, 0.25) is 0 Å². The highest BCUT2D eigenvalue weighted by atomic mass is 79.9. The average Bonchev–Trinajstić information content (AvgIpc) is 2.59. The summed E-state index contributed by atoms with van der Waals surface area (Å²) >= 11 is 3.30. The third kappa shape index (κ3) is 2.01. The first-order valence-corrected chi connectivity index (χ1v) is 5.20. The maximum Gasteiger partial charge on any atom is 0.159 e. The quantitative estimate of drug-likeness (QED) is 0.873. The zero-order valence-corrected chi connectivity index (χ0v) is 10.1. The Hall–Kier alpha value is -1.37. The third-order valence-electron chi connectivity index (χ3n) is 2.01. The second kappa shape index (κ2) is 3.65. The minimum absolute atomic E-state index is 0.480. The van der Waals surface area contributed by atoms with E-state index in [2.05, 4.69) is 31.1 Å². The van der Waals surface area contributed by atoms with Crippen LogP contribution in [0.5, 0.6) is 0 Å². The number of hydrogen-bond donors (Lipinski definition) is 1. The van der Waals surface area contributed by atoms with Gasteiger partial charge in [0.25, 0.3) is 0 Å². The van der Waals surface area contributed by atoms with Crippen molar-refractivity contribution in [3.63, 3.8) is 0 Å². The zero-order valence-electron chi connectivity index (χ0n) is 8.48. The Morgan fingerprint density at radius 3 is 2.67 bits per heavy atom. The molecule has 0 saturated carbocycles. The molecule has 0 unspecified atom stereocenters. The average molecular weight is 271 g/mol. The normalized spacial score (nSPS) is 10.9. The molecule has 2 aromatic rings. The van der Waals surface area contributed by atoms with E-state index < -0.39 is 0 Å². The summed E-state index contributed by atoms with van der Waals surface area (Å²) < 4.78 is 4.26. The Kier molecular flexibility index (Phi) is 2.47. The van der Waals surface area contributed by atoms with E-state index in [0.29, 0.717) is 12.4 Å². The predicted octanol–water partition coefficient (Wildman–Crippen LogP) is 0.713. The molecule has 0 aliphatic carbocycles. The summed E-state index contributed by atoms with van der Waals surface area (Å²) in [7, 11) is 1.86. The number of rotatable bonds is 2. The van der Waals surface area contributed by atoms with E-state index in [1.54, 1.807) is 9.36 Å². The van der Waals surface area contributed by atoms with E-state index in [-0.39, 0.29) is 0 Å². The van der Waals surface area contributed by atoms with Gasteiger partial charge in [-0.1, -0.05) is 0 Å². The molecule has 0 aromatic carbocycles. The standard InChI is InChI=1S/C8H11BrN6/c1-5-11-7(14(2)12-5)4-15-3-6(9)8(10)13-15/h3H,4H2,1-2H3,(H2,10,13). The number of aryl methyl sites for hydroxylation is 2. The number of nitrogens with zero attached hydrogens (tertiary/aromatic N) is 5. The van der Waals surface area contributed by atoms with Gasteiger partial charge in [0, 0.05) is 13.2 Å². The molecule has 2 heterocycles. The maximum atomic E-state index is 5.62. The van der Waals surface area contributed by atoms with Crippen LogP contribution in [0, 0.1) is 6.92 Å². The zero-order chi connectivity index (χ0) is 11.0. The highest BCUT2D eigenvalue weighted by Gasteiger charge is 2.07. The van der Waals surface area contributed by atoms with Gasteiger partial charge in [0.1, 0.15) is 18.2 Å². The van der Waals surface area contributed by atoms with Gasteiger partial charge < -0.3 is 5.73 Å². The largest absolute Gasteiger partial charge is 0.381 e. The van der Waals surface area contributed by atoms with Crippen molar-refractivity contribution >= 4 is 21.7 Å². The van der Waals surface area contributed by atoms with Crippen molar-refractivity contribution in [2.75, 3.05) is 5.73 Å². The SMILES string of the molecule is Cc1nc(Cn2cc(Br)c(N)n2)n(C)n1. The molecular formula is C8H11BrN6. The van der Waals surface area contributed by atoms with Crippen LogP contribution in [0.25, 0.3) is 0 Å². The van der Waals surface area contributed by atoms with Crippen LogP contribution in [0.1, 0.15) is 11.6 Å². The third-order valence-corrected chi connectivity index (χ3v) is 2.62. The molecule has 0 bridgehead atoms. The Bertz CT molecular complexity index is 466. The summed E-state index contributed by atoms with van der Waals surface area (Å²) in [6.45, 7) is 2.42. The van der Waals surface area contributed by atoms with Gasteiger partial charge in [0.05, 0.1) is 4.47 Å². The molecule has 6 nitrogen and oxygen atoms in total. The molecule has 80 valence electrons. The van der Waals surface area contributed by atoms with E-state index in [9.17, 15) is 0 Å². The lowest BCUT2D eigenvalue weighted by atomic mass is 10.6. The van der Waals surface area contributed by atoms with Crippen LogP contribution in [-0.4, -0.2) is 24.5 Å². The Morgan fingerprint density at radius 2 is 2.20 bits per heavy atom. The first-order chi connectivity index (χ1) is 7.06. The number of anilines is 1. The number of aromatic nitrogens is 5. The lowest BCUT2D eigenvalue weighted by Gasteiger charge is -1.99. The van der Waals surface area contributed by atoms with Crippen molar-refractivity contribution in [3.8, 4) is 0 Å². The van der Waals surface area contributed by atoms with Crippen molar-refractivity contribution in [2.45, 2.75) is 13.5 Å². The maximum absolute atomic E-state index is 5.62. The summed E-state index contributed by atoms with van der Waals surface area (Å²) in [4.78, 5) is 4.28. The lowest BCUT2D eigenvalue weighted by molar-refractivity contribution is 0.609. The molecular weight excluding hydrogens is 260 g/mol. The fourth-order valence-corrected chi connectivity index (χ4v) is 1.65. The molecule has 0 spiro atoms. The summed E-state index contributed by atoms with van der Waals surface area (Å²) in [5.41, 5.74) is 5.62. The summed E-state index contributed by atoms with van der Waals surface area (Å²) in [6.07, 6.45) is 1.82. The van der Waals surface area contributed by atoms with Crippen molar-refractivity contribution in [3.05, 3.63) is 22.3 Å². The van der Waals surface area contributed by atoms with Gasteiger partial charge in [0.15, 0.2) is 5.82 Å². The Labute approximate surface area is 95.2 Å². The van der Waals surface area contributed by atoms with Gasteiger partial charge in [-0.05, 0) is 22.9 Å². The van der Waals surface area contributed by atoms with Gasteiger partial charge in [-0.2, -0.15) is 10.2 Å². The van der Waals surface area contributed by atoms with Crippen LogP contribution >= 0.6 is 15.9 Å². The molecule has 2 N–H and O–H groups in total. The number of halogens is 1. The molecule has 0 aliphatic rings. The molecule has 0 aliphatic heterocycles. The smallest absolute Gasteiger partial charge is 0.159 e. The minimum Gasteiger partial charge on any atom is -0.381 e. The van der Waals surface area contributed by atoms with Crippen LogP contribution in [-0.2, 0) is 13.6 Å². The summed E-state index contributed by atoms with van der Waals surface area (Å²) in [5, 5.41) is 8.28. The van der Waals surface area contributed by atoms with Crippen LogP contribution in [0.15, 0.2) is 10.7 Å². The second-order valence-corrected chi connectivity index (χ2v) is 4.11. The summed E-state index contributed by atoms with van der Waals surface area (Å²) in [5.74, 6) is 2.09. The molecule has 2 aromatic heterocycles. The minimum atomic E-state index is 0.480. The first kappa shape index (κ1) is 10.2. The van der Waals surface area contributed by atoms with Crippen LogP contribution < -0.4 is 5.73 Å². The van der Waals surface area contributed by atoms with Crippen molar-refractivity contribution in [1.82, 2.24) is 24.5 Å². The highest BCUT2D eigenvalue weighted by Crippen LogP contribution is 2.16. The Morgan fingerprint density at radius 1 is 1.47 bits per heavy atom. The monoisotopic (exact) mass is 270 g/mol. The van der Waals surface area contributed by atoms with Crippen molar-refractivity contribution < 1.29 is 0 Å². The van der Waals surface area contributed by atoms with Gasteiger partial charge >= 0.3 is 0 Å². The molecule has 0 fully saturated rings. The first-order valence-electron chi connectivity index (χ1n) is 4.41. The van der Waals surface area contributed by atoms with Crippen LogP contribution in [0.3, 0.4) is 0 Å².